The van der Waals surface area contributed by atoms with Crippen LogP contribution in [0.5, 0.6) is 5.88 Å². The number of anilines is 1. The number of H-pyrrole nitrogens is 1. The molecule has 2 heterocycles. The summed E-state index contributed by atoms with van der Waals surface area (Å²) in [5.41, 5.74) is 4.23. The molecule has 2 N–H and O–H groups in total. The van der Waals surface area contributed by atoms with E-state index in [1.807, 2.05) is 54.6 Å². The molecule has 4 aromatic rings. The Morgan fingerprint density at radius 2 is 1.74 bits per heavy atom. The highest BCUT2D eigenvalue weighted by molar-refractivity contribution is 6.22. The Kier molecular flexibility index (Phi) is 7.72. The van der Waals surface area contributed by atoms with Gasteiger partial charge in [0.25, 0.3) is 0 Å². The number of amides is 1. The Labute approximate surface area is 226 Å². The average molecular weight is 527 g/mol. The Balaban J connectivity index is 1.49. The third-order valence-electron chi connectivity index (χ3n) is 6.80. The lowest BCUT2D eigenvalue weighted by Crippen LogP contribution is -2.43. The van der Waals surface area contributed by atoms with Crippen molar-refractivity contribution in [2.45, 2.75) is 0 Å². The SMILES string of the molecule is COC(=O)c1ccc2[nH]c(O)c(C(=Nc3ccc(N(C)C(=O)CN4CCOCC4)cc3)c3ccccc3)c2c1. The maximum absolute atomic E-state index is 12.8. The summed E-state index contributed by atoms with van der Waals surface area (Å²) in [5, 5.41) is 11.6. The van der Waals surface area contributed by atoms with Crippen LogP contribution in [0, 0.1) is 0 Å². The summed E-state index contributed by atoms with van der Waals surface area (Å²) in [6, 6.07) is 21.9. The number of morpholine rings is 1. The lowest BCUT2D eigenvalue weighted by molar-refractivity contribution is -0.120. The largest absolute Gasteiger partial charge is 0.494 e. The first-order valence-electron chi connectivity index (χ1n) is 12.7. The van der Waals surface area contributed by atoms with Crippen LogP contribution in [0.15, 0.2) is 77.8 Å². The quantitative estimate of drug-likeness (QED) is 0.277. The van der Waals surface area contributed by atoms with Crippen molar-refractivity contribution in [3.63, 3.8) is 0 Å². The molecule has 0 bridgehead atoms. The summed E-state index contributed by atoms with van der Waals surface area (Å²) in [5.74, 6) is -0.521. The standard InChI is InChI=1S/C30H30N4O5/c1-33(26(35)19-34-14-16-39-17-15-34)23-11-9-22(10-12-23)31-28(20-6-4-3-5-7-20)27-24-18-21(30(37)38-2)8-13-25(24)32-29(27)36/h3-13,18,32,36H,14-17,19H2,1-2H3. The average Bonchev–Trinajstić information content (AvgIpc) is 3.31. The molecule has 1 aliphatic rings. The van der Waals surface area contributed by atoms with E-state index in [0.29, 0.717) is 53.2 Å². The van der Waals surface area contributed by atoms with Gasteiger partial charge in [0, 0.05) is 42.3 Å². The number of hydrogen-bond acceptors (Lipinski definition) is 7. The molecular formula is C30H30N4O5. The van der Waals surface area contributed by atoms with Gasteiger partial charge in [-0.1, -0.05) is 30.3 Å². The van der Waals surface area contributed by atoms with Gasteiger partial charge >= 0.3 is 5.97 Å². The van der Waals surface area contributed by atoms with E-state index in [9.17, 15) is 14.7 Å². The van der Waals surface area contributed by atoms with Crippen molar-refractivity contribution in [2.24, 2.45) is 4.99 Å². The van der Waals surface area contributed by atoms with E-state index in [1.54, 1.807) is 30.1 Å². The lowest BCUT2D eigenvalue weighted by atomic mass is 9.99. The number of methoxy groups -OCH3 is 1. The minimum atomic E-state index is -0.468. The zero-order valence-corrected chi connectivity index (χ0v) is 21.9. The highest BCUT2D eigenvalue weighted by Gasteiger charge is 2.21. The van der Waals surface area contributed by atoms with E-state index in [1.165, 1.54) is 7.11 Å². The molecule has 9 heteroatoms. The molecule has 1 aliphatic heterocycles. The maximum atomic E-state index is 12.8. The molecule has 1 fully saturated rings. The molecule has 0 spiro atoms. The normalized spacial score (nSPS) is 14.4. The number of rotatable bonds is 7. The van der Waals surface area contributed by atoms with E-state index in [2.05, 4.69) is 9.88 Å². The third kappa shape index (κ3) is 5.69. The lowest BCUT2D eigenvalue weighted by Gasteiger charge is -2.28. The van der Waals surface area contributed by atoms with Crippen LogP contribution >= 0.6 is 0 Å². The van der Waals surface area contributed by atoms with Gasteiger partial charge in [0.05, 0.1) is 49.4 Å². The summed E-state index contributed by atoms with van der Waals surface area (Å²) in [6.07, 6.45) is 0. The van der Waals surface area contributed by atoms with Crippen LogP contribution < -0.4 is 4.90 Å². The number of ether oxygens (including phenoxy) is 2. The summed E-state index contributed by atoms with van der Waals surface area (Å²) in [4.78, 5) is 36.6. The van der Waals surface area contributed by atoms with E-state index >= 15 is 0 Å². The van der Waals surface area contributed by atoms with Gasteiger partial charge in [-0.2, -0.15) is 0 Å². The van der Waals surface area contributed by atoms with Crippen molar-refractivity contribution in [3.05, 3.63) is 89.5 Å². The second-order valence-electron chi connectivity index (χ2n) is 9.28. The summed E-state index contributed by atoms with van der Waals surface area (Å²) in [7, 11) is 3.09. The number of hydrogen-bond donors (Lipinski definition) is 2. The molecule has 200 valence electrons. The highest BCUT2D eigenvalue weighted by Crippen LogP contribution is 2.32. The molecule has 0 radical (unpaired) electrons. The molecule has 1 amide bonds. The van der Waals surface area contributed by atoms with Crippen LogP contribution in [0.2, 0.25) is 0 Å². The second kappa shape index (κ2) is 11.5. The topological polar surface area (TPSA) is 107 Å². The minimum Gasteiger partial charge on any atom is -0.494 e. The van der Waals surface area contributed by atoms with Crippen LogP contribution in [0.25, 0.3) is 10.9 Å². The van der Waals surface area contributed by atoms with Crippen molar-refractivity contribution >= 4 is 39.9 Å². The number of carbonyl (C=O) groups excluding carboxylic acids is 2. The summed E-state index contributed by atoms with van der Waals surface area (Å²) < 4.78 is 10.2. The van der Waals surface area contributed by atoms with Gasteiger partial charge in [0.15, 0.2) is 5.88 Å². The molecule has 5 rings (SSSR count). The molecule has 39 heavy (non-hydrogen) atoms. The highest BCUT2D eigenvalue weighted by atomic mass is 16.5. The van der Waals surface area contributed by atoms with Crippen molar-refractivity contribution in [1.29, 1.82) is 0 Å². The van der Waals surface area contributed by atoms with Crippen molar-refractivity contribution < 1.29 is 24.2 Å². The Morgan fingerprint density at radius 1 is 1.03 bits per heavy atom. The number of fused-ring (bicyclic) bond motifs is 1. The second-order valence-corrected chi connectivity index (χ2v) is 9.28. The zero-order valence-electron chi connectivity index (χ0n) is 21.9. The zero-order chi connectivity index (χ0) is 27.4. The number of benzene rings is 3. The monoisotopic (exact) mass is 526 g/mol. The van der Waals surface area contributed by atoms with Crippen molar-refractivity contribution in [3.8, 4) is 5.88 Å². The molecule has 3 aromatic carbocycles. The number of nitrogens with zero attached hydrogens (tertiary/aromatic N) is 3. The van der Waals surface area contributed by atoms with Gasteiger partial charge < -0.3 is 24.5 Å². The first-order chi connectivity index (χ1) is 18.9. The molecular weight excluding hydrogens is 496 g/mol. The fourth-order valence-corrected chi connectivity index (χ4v) is 4.60. The van der Waals surface area contributed by atoms with Crippen LogP contribution in [0.1, 0.15) is 21.5 Å². The molecule has 9 nitrogen and oxygen atoms in total. The molecule has 1 saturated heterocycles. The van der Waals surface area contributed by atoms with Gasteiger partial charge in [0.1, 0.15) is 0 Å². The van der Waals surface area contributed by atoms with Crippen LogP contribution in [-0.2, 0) is 14.3 Å². The Bertz CT molecular complexity index is 1510. The van der Waals surface area contributed by atoms with Gasteiger partial charge in [-0.15, -0.1) is 0 Å². The van der Waals surface area contributed by atoms with Gasteiger partial charge in [0.2, 0.25) is 5.91 Å². The van der Waals surface area contributed by atoms with Crippen LogP contribution in [0.3, 0.4) is 0 Å². The third-order valence-corrected chi connectivity index (χ3v) is 6.80. The number of likely N-dealkylation sites (N-methyl/N-ethyl adjacent to an activating group) is 1. The van der Waals surface area contributed by atoms with E-state index in [4.69, 9.17) is 14.5 Å². The van der Waals surface area contributed by atoms with Crippen molar-refractivity contribution in [1.82, 2.24) is 9.88 Å². The molecule has 0 saturated carbocycles. The van der Waals surface area contributed by atoms with Crippen LogP contribution in [0.4, 0.5) is 11.4 Å². The number of aromatic nitrogens is 1. The smallest absolute Gasteiger partial charge is 0.337 e. The van der Waals surface area contributed by atoms with E-state index in [0.717, 1.165) is 24.3 Å². The molecule has 0 unspecified atom stereocenters. The van der Waals surface area contributed by atoms with Crippen LogP contribution in [-0.4, -0.2) is 79.6 Å². The number of carbonyl (C=O) groups is 2. The van der Waals surface area contributed by atoms with Gasteiger partial charge in [-0.05, 0) is 42.5 Å². The van der Waals surface area contributed by atoms with Gasteiger partial charge in [-0.3, -0.25) is 9.69 Å². The minimum absolute atomic E-state index is 0.00301. The fraction of sp³-hybridized carbons (Fsp3) is 0.233. The maximum Gasteiger partial charge on any atom is 0.337 e. The number of nitrogens with one attached hydrogen (secondary N) is 1. The van der Waals surface area contributed by atoms with Crippen molar-refractivity contribution in [2.75, 3.05) is 51.9 Å². The first kappa shape index (κ1) is 26.1. The fourth-order valence-electron chi connectivity index (χ4n) is 4.60. The Hall–Kier alpha value is -4.47. The number of aromatic hydroxyl groups is 1. The number of esters is 1. The molecule has 1 aromatic heterocycles. The molecule has 0 atom stereocenters. The van der Waals surface area contributed by atoms with E-state index < -0.39 is 5.97 Å². The summed E-state index contributed by atoms with van der Waals surface area (Å²) >= 11 is 0. The predicted octanol–water partition coefficient (Wildman–Crippen LogP) is 4.12. The summed E-state index contributed by atoms with van der Waals surface area (Å²) in [6.45, 7) is 3.12. The number of aromatic amines is 1. The van der Waals surface area contributed by atoms with Gasteiger partial charge in [-0.25, -0.2) is 9.79 Å². The first-order valence-corrected chi connectivity index (χ1v) is 12.7. The molecule has 0 aliphatic carbocycles. The number of aliphatic imine (C=N–C) groups is 1. The predicted molar refractivity (Wildman–Crippen MR) is 150 cm³/mol. The Morgan fingerprint density at radius 3 is 2.44 bits per heavy atom. The van der Waals surface area contributed by atoms with E-state index in [-0.39, 0.29) is 11.8 Å².